The molecule has 4 aromatic rings. The minimum Gasteiger partial charge on any atom is -0.495 e. The minimum atomic E-state index is -0.259. The Hall–Kier alpha value is -3.84. The van der Waals surface area contributed by atoms with Crippen LogP contribution in [0.1, 0.15) is 10.4 Å². The van der Waals surface area contributed by atoms with Crippen LogP contribution in [0.2, 0.25) is 0 Å². The number of pyridine rings is 1. The number of hydrogen-bond acceptors (Lipinski definition) is 5. The quantitative estimate of drug-likeness (QED) is 0.383. The van der Waals surface area contributed by atoms with E-state index in [-0.39, 0.29) is 17.6 Å². The van der Waals surface area contributed by atoms with Crippen molar-refractivity contribution < 1.29 is 14.3 Å². The summed E-state index contributed by atoms with van der Waals surface area (Å²) >= 11 is 1.38. The van der Waals surface area contributed by atoms with E-state index < -0.39 is 0 Å². The average Bonchev–Trinajstić information content (AvgIpc) is 2.83. The maximum absolute atomic E-state index is 12.5. The number of carbonyl (C=O) groups excluding carboxylic acids is 2. The van der Waals surface area contributed by atoms with Gasteiger partial charge in [0.1, 0.15) is 5.75 Å². The van der Waals surface area contributed by atoms with Gasteiger partial charge in [-0.05, 0) is 48.5 Å². The first-order chi connectivity index (χ1) is 15.6. The van der Waals surface area contributed by atoms with Gasteiger partial charge in [-0.3, -0.25) is 9.59 Å². The molecule has 0 aliphatic carbocycles. The highest BCUT2D eigenvalue weighted by atomic mass is 32.2. The predicted molar refractivity (Wildman–Crippen MR) is 128 cm³/mol. The summed E-state index contributed by atoms with van der Waals surface area (Å²) in [6.07, 6.45) is 0. The lowest BCUT2D eigenvalue weighted by Crippen LogP contribution is -2.15. The summed E-state index contributed by atoms with van der Waals surface area (Å²) in [5, 5.41) is 7.53. The summed E-state index contributed by atoms with van der Waals surface area (Å²) in [7, 11) is 1.55. The molecule has 160 valence electrons. The maximum atomic E-state index is 12.5. The molecule has 1 aromatic heterocycles. The van der Waals surface area contributed by atoms with Crippen LogP contribution in [0, 0.1) is 0 Å². The molecule has 2 N–H and O–H groups in total. The second-order valence-electron chi connectivity index (χ2n) is 6.91. The Morgan fingerprint density at radius 2 is 1.62 bits per heavy atom. The molecule has 2 amide bonds. The van der Waals surface area contributed by atoms with E-state index in [0.717, 1.165) is 15.9 Å². The minimum absolute atomic E-state index is 0.142. The van der Waals surface area contributed by atoms with Crippen molar-refractivity contribution in [2.75, 3.05) is 23.5 Å². The summed E-state index contributed by atoms with van der Waals surface area (Å²) in [6.45, 7) is 0. The monoisotopic (exact) mass is 443 g/mol. The number of para-hydroxylation sites is 3. The van der Waals surface area contributed by atoms with Crippen LogP contribution in [0.15, 0.2) is 90.0 Å². The van der Waals surface area contributed by atoms with Crippen LogP contribution in [0.5, 0.6) is 5.75 Å². The Labute approximate surface area is 190 Å². The highest BCUT2D eigenvalue weighted by molar-refractivity contribution is 7.99. The molecule has 1 heterocycles. The summed E-state index contributed by atoms with van der Waals surface area (Å²) in [5.74, 6) is 0.422. The van der Waals surface area contributed by atoms with E-state index in [1.807, 2.05) is 48.5 Å². The summed E-state index contributed by atoms with van der Waals surface area (Å²) in [5.41, 5.74) is 2.59. The zero-order valence-corrected chi connectivity index (χ0v) is 18.2. The molecule has 32 heavy (non-hydrogen) atoms. The number of benzene rings is 3. The molecule has 0 atom stereocenters. The summed E-state index contributed by atoms with van der Waals surface area (Å²) < 4.78 is 5.25. The molecule has 0 unspecified atom stereocenters. The van der Waals surface area contributed by atoms with Crippen molar-refractivity contribution >= 4 is 45.9 Å². The number of anilines is 2. The molecule has 0 aliphatic heterocycles. The van der Waals surface area contributed by atoms with Crippen molar-refractivity contribution in [3.63, 3.8) is 0 Å². The third-order valence-corrected chi connectivity index (χ3v) is 5.64. The van der Waals surface area contributed by atoms with Gasteiger partial charge >= 0.3 is 0 Å². The normalized spacial score (nSPS) is 10.5. The Morgan fingerprint density at radius 3 is 2.44 bits per heavy atom. The van der Waals surface area contributed by atoms with Gasteiger partial charge in [0.05, 0.1) is 29.1 Å². The largest absolute Gasteiger partial charge is 0.495 e. The fourth-order valence-corrected chi connectivity index (χ4v) is 3.79. The molecule has 6 nitrogen and oxygen atoms in total. The topological polar surface area (TPSA) is 80.3 Å². The second kappa shape index (κ2) is 9.98. The number of methoxy groups -OCH3 is 1. The van der Waals surface area contributed by atoms with Gasteiger partial charge in [0.2, 0.25) is 5.91 Å². The van der Waals surface area contributed by atoms with Gasteiger partial charge in [-0.25, -0.2) is 4.98 Å². The molecule has 0 radical (unpaired) electrons. The van der Waals surface area contributed by atoms with E-state index >= 15 is 0 Å². The molecule has 4 rings (SSSR count). The lowest BCUT2D eigenvalue weighted by Gasteiger charge is -2.10. The molecule has 7 heteroatoms. The van der Waals surface area contributed by atoms with Crippen molar-refractivity contribution in [2.45, 2.75) is 5.03 Å². The van der Waals surface area contributed by atoms with Gasteiger partial charge < -0.3 is 15.4 Å². The lowest BCUT2D eigenvalue weighted by molar-refractivity contribution is -0.113. The number of ether oxygens (including phenoxy) is 1. The number of carbonyl (C=O) groups is 2. The molecule has 0 bridgehead atoms. The van der Waals surface area contributed by atoms with Crippen LogP contribution < -0.4 is 15.4 Å². The van der Waals surface area contributed by atoms with Crippen molar-refractivity contribution in [3.05, 3.63) is 90.5 Å². The average molecular weight is 444 g/mol. The fraction of sp³-hybridized carbons (Fsp3) is 0.0800. The molecular weight excluding hydrogens is 422 g/mol. The zero-order chi connectivity index (χ0) is 22.3. The Balaban J connectivity index is 1.32. The number of hydrogen-bond donors (Lipinski definition) is 2. The molecular formula is C25H21N3O3S. The number of amides is 2. The number of rotatable bonds is 7. The molecule has 0 spiro atoms. The van der Waals surface area contributed by atoms with Crippen LogP contribution >= 0.6 is 11.8 Å². The Morgan fingerprint density at radius 1 is 0.875 bits per heavy atom. The lowest BCUT2D eigenvalue weighted by atomic mass is 10.2. The van der Waals surface area contributed by atoms with Gasteiger partial charge in [-0.1, -0.05) is 48.2 Å². The smallest absolute Gasteiger partial charge is 0.255 e. The van der Waals surface area contributed by atoms with Gasteiger partial charge in [-0.2, -0.15) is 0 Å². The van der Waals surface area contributed by atoms with Crippen molar-refractivity contribution in [1.82, 2.24) is 4.98 Å². The summed E-state index contributed by atoms with van der Waals surface area (Å²) in [4.78, 5) is 29.4. The first-order valence-corrected chi connectivity index (χ1v) is 10.9. The van der Waals surface area contributed by atoms with Crippen LogP contribution in [-0.2, 0) is 4.79 Å². The number of aromatic nitrogens is 1. The molecule has 3 aromatic carbocycles. The standard InChI is InChI=1S/C25H21N3O3S/c1-31-22-9-5-4-8-21(22)28-25(30)18-10-13-19(14-11-18)26-23(29)16-32-24-15-12-17-6-2-3-7-20(17)27-24/h2-15H,16H2,1H3,(H,26,29)(H,28,30). The summed E-state index contributed by atoms with van der Waals surface area (Å²) in [6, 6.07) is 25.7. The van der Waals surface area contributed by atoms with E-state index in [2.05, 4.69) is 15.6 Å². The predicted octanol–water partition coefficient (Wildman–Crippen LogP) is 5.23. The van der Waals surface area contributed by atoms with Crippen molar-refractivity contribution in [3.8, 4) is 5.75 Å². The first kappa shape index (κ1) is 21.4. The van der Waals surface area contributed by atoms with E-state index in [1.54, 1.807) is 43.5 Å². The molecule has 0 aliphatic rings. The van der Waals surface area contributed by atoms with E-state index in [1.165, 1.54) is 11.8 Å². The molecule has 0 fully saturated rings. The third-order valence-electron chi connectivity index (χ3n) is 4.71. The van der Waals surface area contributed by atoms with Gasteiger partial charge in [0.15, 0.2) is 0 Å². The number of nitrogens with zero attached hydrogens (tertiary/aromatic N) is 1. The Bertz CT molecular complexity index is 1260. The van der Waals surface area contributed by atoms with E-state index in [0.29, 0.717) is 22.7 Å². The van der Waals surface area contributed by atoms with Gasteiger partial charge in [-0.15, -0.1) is 0 Å². The molecule has 0 saturated heterocycles. The first-order valence-electron chi connectivity index (χ1n) is 9.95. The number of nitrogens with one attached hydrogen (secondary N) is 2. The number of fused-ring (bicyclic) bond motifs is 1. The van der Waals surface area contributed by atoms with Crippen LogP contribution in [0.3, 0.4) is 0 Å². The Kier molecular flexibility index (Phi) is 6.67. The van der Waals surface area contributed by atoms with Crippen molar-refractivity contribution in [2.24, 2.45) is 0 Å². The van der Waals surface area contributed by atoms with Crippen LogP contribution in [0.4, 0.5) is 11.4 Å². The third kappa shape index (κ3) is 5.25. The van der Waals surface area contributed by atoms with Crippen LogP contribution in [-0.4, -0.2) is 29.7 Å². The van der Waals surface area contributed by atoms with Crippen LogP contribution in [0.25, 0.3) is 10.9 Å². The highest BCUT2D eigenvalue weighted by Gasteiger charge is 2.10. The second-order valence-corrected chi connectivity index (χ2v) is 7.91. The van der Waals surface area contributed by atoms with Gasteiger partial charge in [0.25, 0.3) is 5.91 Å². The van der Waals surface area contributed by atoms with E-state index in [9.17, 15) is 9.59 Å². The maximum Gasteiger partial charge on any atom is 0.255 e. The van der Waals surface area contributed by atoms with Gasteiger partial charge in [0, 0.05) is 16.6 Å². The number of thioether (sulfide) groups is 1. The SMILES string of the molecule is COc1ccccc1NC(=O)c1ccc(NC(=O)CSc2ccc3ccccc3n2)cc1. The van der Waals surface area contributed by atoms with Crippen molar-refractivity contribution in [1.29, 1.82) is 0 Å². The fourth-order valence-electron chi connectivity index (χ4n) is 3.11. The molecule has 0 saturated carbocycles. The zero-order valence-electron chi connectivity index (χ0n) is 17.4. The highest BCUT2D eigenvalue weighted by Crippen LogP contribution is 2.24. The van der Waals surface area contributed by atoms with E-state index in [4.69, 9.17) is 4.74 Å².